The summed E-state index contributed by atoms with van der Waals surface area (Å²) in [6.45, 7) is 0. The summed E-state index contributed by atoms with van der Waals surface area (Å²) in [5, 5.41) is 19.1. The van der Waals surface area contributed by atoms with Crippen LogP contribution in [0.15, 0.2) is 16.6 Å². The van der Waals surface area contributed by atoms with Crippen molar-refractivity contribution in [2.45, 2.75) is 0 Å². The molecule has 14 heavy (non-hydrogen) atoms. The van der Waals surface area contributed by atoms with E-state index in [4.69, 9.17) is 10.8 Å². The van der Waals surface area contributed by atoms with E-state index in [1.54, 1.807) is 0 Å². The van der Waals surface area contributed by atoms with Gasteiger partial charge in [-0.15, -0.1) is 0 Å². The summed E-state index contributed by atoms with van der Waals surface area (Å²) in [7, 11) is 0. The number of carboxylic acid groups (broad SMARTS) is 1. The molecular weight excluding hydrogens is 256 g/mol. The Morgan fingerprint density at radius 2 is 2.14 bits per heavy atom. The molecule has 0 heterocycles. The lowest BCUT2D eigenvalue weighted by Crippen LogP contribution is -2.04. The fourth-order valence-electron chi connectivity index (χ4n) is 0.909. The number of carbonyl (C=O) groups is 1. The Kier molecular flexibility index (Phi) is 2.70. The summed E-state index contributed by atoms with van der Waals surface area (Å²) in [6.07, 6.45) is 0. The molecule has 74 valence electrons. The topological polar surface area (TPSA) is 106 Å². The molecule has 0 atom stereocenters. The molecule has 0 bridgehead atoms. The molecule has 6 nitrogen and oxygen atoms in total. The van der Waals surface area contributed by atoms with Crippen molar-refractivity contribution < 1.29 is 14.8 Å². The largest absolute Gasteiger partial charge is 0.478 e. The van der Waals surface area contributed by atoms with Gasteiger partial charge in [0.2, 0.25) is 0 Å². The number of aromatic carboxylic acids is 1. The molecule has 7 heteroatoms. The maximum Gasteiger partial charge on any atom is 0.337 e. The van der Waals surface area contributed by atoms with Gasteiger partial charge >= 0.3 is 5.97 Å². The average molecular weight is 261 g/mol. The molecule has 0 unspecified atom stereocenters. The monoisotopic (exact) mass is 260 g/mol. The van der Waals surface area contributed by atoms with Gasteiger partial charge in [0.05, 0.1) is 16.2 Å². The highest BCUT2D eigenvalue weighted by molar-refractivity contribution is 9.10. The minimum Gasteiger partial charge on any atom is -0.478 e. The molecule has 0 saturated carbocycles. The van der Waals surface area contributed by atoms with Crippen LogP contribution in [0.5, 0.6) is 0 Å². The molecule has 1 aromatic carbocycles. The van der Waals surface area contributed by atoms with E-state index in [9.17, 15) is 14.9 Å². The van der Waals surface area contributed by atoms with Gasteiger partial charge in [-0.2, -0.15) is 0 Å². The van der Waals surface area contributed by atoms with Crippen molar-refractivity contribution in [2.75, 3.05) is 5.73 Å². The van der Waals surface area contributed by atoms with E-state index in [1.807, 2.05) is 0 Å². The van der Waals surface area contributed by atoms with Crippen molar-refractivity contribution >= 4 is 33.3 Å². The zero-order valence-corrected chi connectivity index (χ0v) is 8.32. The van der Waals surface area contributed by atoms with Gasteiger partial charge in [0, 0.05) is 6.07 Å². The van der Waals surface area contributed by atoms with Crippen molar-refractivity contribution in [3.8, 4) is 0 Å². The molecule has 0 aliphatic heterocycles. The molecule has 0 saturated heterocycles. The number of nitrogens with two attached hydrogens (primary N) is 1. The van der Waals surface area contributed by atoms with Crippen LogP contribution in [-0.4, -0.2) is 16.0 Å². The van der Waals surface area contributed by atoms with Gasteiger partial charge in [0.15, 0.2) is 0 Å². The summed E-state index contributed by atoms with van der Waals surface area (Å²) in [6, 6.07) is 2.18. The van der Waals surface area contributed by atoms with Crippen molar-refractivity contribution in [3.05, 3.63) is 32.3 Å². The quantitative estimate of drug-likeness (QED) is 0.478. The Hall–Kier alpha value is -1.63. The molecule has 0 spiro atoms. The van der Waals surface area contributed by atoms with Gasteiger partial charge in [-0.1, -0.05) is 0 Å². The third-order valence-corrected chi connectivity index (χ3v) is 2.42. The van der Waals surface area contributed by atoms with Crippen LogP contribution < -0.4 is 5.73 Å². The predicted octanol–water partition coefficient (Wildman–Crippen LogP) is 1.64. The molecule has 0 amide bonds. The molecule has 0 aromatic heterocycles. The number of nitrogens with zero attached hydrogens (tertiary/aromatic N) is 1. The zero-order chi connectivity index (χ0) is 10.9. The lowest BCUT2D eigenvalue weighted by molar-refractivity contribution is -0.385. The smallest absolute Gasteiger partial charge is 0.337 e. The van der Waals surface area contributed by atoms with E-state index in [1.165, 1.54) is 0 Å². The fraction of sp³-hybridized carbons (Fsp3) is 0. The second-order valence-electron chi connectivity index (χ2n) is 2.42. The van der Waals surface area contributed by atoms with Crippen LogP contribution in [0.1, 0.15) is 10.4 Å². The number of nitro benzene ring substituents is 1. The fourth-order valence-corrected chi connectivity index (χ4v) is 1.40. The Bertz CT molecular complexity index is 379. The molecule has 3 N–H and O–H groups in total. The van der Waals surface area contributed by atoms with Crippen molar-refractivity contribution in [1.29, 1.82) is 0 Å². The van der Waals surface area contributed by atoms with Crippen LogP contribution in [0.4, 0.5) is 11.4 Å². The molecule has 0 fully saturated rings. The summed E-state index contributed by atoms with van der Waals surface area (Å²) in [5.74, 6) is -1.22. The number of nitrogen functional groups attached to an aromatic ring is 1. The van der Waals surface area contributed by atoms with E-state index in [-0.39, 0.29) is 21.4 Å². The van der Waals surface area contributed by atoms with Crippen molar-refractivity contribution in [2.24, 2.45) is 0 Å². The van der Waals surface area contributed by atoms with E-state index in [2.05, 4.69) is 15.9 Å². The van der Waals surface area contributed by atoms with Crippen LogP contribution in [0.2, 0.25) is 0 Å². The predicted molar refractivity (Wildman–Crippen MR) is 52.2 cm³/mol. The molecule has 1 rings (SSSR count). The number of rotatable bonds is 2. The number of carboxylic acids is 1. The van der Waals surface area contributed by atoms with Gasteiger partial charge in [-0.05, 0) is 22.0 Å². The van der Waals surface area contributed by atoms with Crippen LogP contribution in [-0.2, 0) is 0 Å². The summed E-state index contributed by atoms with van der Waals surface area (Å²) < 4.78 is -0.0117. The Balaban J connectivity index is 3.41. The van der Waals surface area contributed by atoms with Crippen molar-refractivity contribution in [1.82, 2.24) is 0 Å². The van der Waals surface area contributed by atoms with Gasteiger partial charge in [-0.25, -0.2) is 4.79 Å². The van der Waals surface area contributed by atoms with Crippen LogP contribution in [0.3, 0.4) is 0 Å². The van der Waals surface area contributed by atoms with Crippen LogP contribution in [0.25, 0.3) is 0 Å². The first kappa shape index (κ1) is 10.5. The number of anilines is 1. The Morgan fingerprint density at radius 1 is 1.57 bits per heavy atom. The first-order valence-corrected chi connectivity index (χ1v) is 4.20. The molecule has 0 radical (unpaired) electrons. The highest BCUT2D eigenvalue weighted by atomic mass is 79.9. The van der Waals surface area contributed by atoms with Gasteiger partial charge < -0.3 is 10.8 Å². The number of halogens is 1. The third-order valence-electron chi connectivity index (χ3n) is 1.59. The highest BCUT2D eigenvalue weighted by Gasteiger charge is 2.19. The second-order valence-corrected chi connectivity index (χ2v) is 3.22. The minimum absolute atomic E-state index is 0.0117. The summed E-state index contributed by atoms with van der Waals surface area (Å²) in [4.78, 5) is 20.4. The molecule has 0 aliphatic rings. The molecular formula is C7H5BrN2O4. The molecule has 1 aromatic rings. The lowest BCUT2D eigenvalue weighted by atomic mass is 10.1. The Labute approximate surface area is 86.6 Å². The maximum absolute atomic E-state index is 10.6. The third kappa shape index (κ3) is 1.67. The van der Waals surface area contributed by atoms with E-state index in [0.717, 1.165) is 12.1 Å². The SMILES string of the molecule is Nc1c(C(=O)O)ccc([N+](=O)[O-])c1Br. The van der Waals surface area contributed by atoms with Crippen molar-refractivity contribution in [3.63, 3.8) is 0 Å². The second kappa shape index (κ2) is 3.62. The van der Waals surface area contributed by atoms with E-state index in [0.29, 0.717) is 0 Å². The zero-order valence-electron chi connectivity index (χ0n) is 6.73. The van der Waals surface area contributed by atoms with Crippen LogP contribution >= 0.6 is 15.9 Å². The Morgan fingerprint density at radius 3 is 2.57 bits per heavy atom. The average Bonchev–Trinajstić information content (AvgIpc) is 2.08. The maximum atomic E-state index is 10.6. The lowest BCUT2D eigenvalue weighted by Gasteiger charge is -2.03. The number of benzene rings is 1. The first-order chi connectivity index (χ1) is 6.45. The van der Waals surface area contributed by atoms with Gasteiger partial charge in [0.1, 0.15) is 4.47 Å². The highest BCUT2D eigenvalue weighted by Crippen LogP contribution is 2.32. The number of hydrogen-bond donors (Lipinski definition) is 2. The number of hydrogen-bond acceptors (Lipinski definition) is 4. The minimum atomic E-state index is -1.22. The van der Waals surface area contributed by atoms with Crippen LogP contribution in [0, 0.1) is 10.1 Å². The molecule has 0 aliphatic carbocycles. The first-order valence-electron chi connectivity index (χ1n) is 3.40. The van der Waals surface area contributed by atoms with E-state index >= 15 is 0 Å². The summed E-state index contributed by atoms with van der Waals surface area (Å²) >= 11 is 2.87. The van der Waals surface area contributed by atoms with E-state index < -0.39 is 10.9 Å². The number of nitro groups is 1. The summed E-state index contributed by atoms with van der Waals surface area (Å²) in [5.41, 5.74) is 4.82. The normalized spacial score (nSPS) is 9.79. The van der Waals surface area contributed by atoms with Gasteiger partial charge in [0.25, 0.3) is 5.69 Å². The van der Waals surface area contributed by atoms with Gasteiger partial charge in [-0.3, -0.25) is 10.1 Å². The standard InChI is InChI=1S/C7H5BrN2O4/c8-5-4(10(13)14)2-1-3(6(5)9)7(11)12/h1-2H,9H2,(H,11,12).